The molecule has 0 radical (unpaired) electrons. The fraction of sp³-hybridized carbons (Fsp3) is 0.192. The first kappa shape index (κ1) is 23.4. The number of anilines is 2. The topological polar surface area (TPSA) is 76.5 Å². The molecule has 0 aliphatic carbocycles. The van der Waals surface area contributed by atoms with E-state index in [1.165, 1.54) is 11.8 Å². The van der Waals surface area contributed by atoms with Crippen LogP contribution in [0.2, 0.25) is 0 Å². The van der Waals surface area contributed by atoms with Crippen LogP contribution in [0, 0.1) is 6.92 Å². The molecule has 0 spiro atoms. The number of hydrogen-bond donors (Lipinski definition) is 1. The van der Waals surface area contributed by atoms with Gasteiger partial charge >= 0.3 is 0 Å². The molecule has 0 unspecified atom stereocenters. The summed E-state index contributed by atoms with van der Waals surface area (Å²) in [5.74, 6) is 0.533. The molecular formula is C26H26N4O3S. The van der Waals surface area contributed by atoms with Crippen LogP contribution in [-0.2, 0) is 16.1 Å². The van der Waals surface area contributed by atoms with Crippen LogP contribution in [0.1, 0.15) is 5.56 Å². The van der Waals surface area contributed by atoms with Crippen molar-refractivity contribution in [1.29, 1.82) is 0 Å². The number of nitrogens with zero attached hydrogens (tertiary/aromatic N) is 3. The predicted octanol–water partition coefficient (Wildman–Crippen LogP) is 4.75. The molecule has 4 aromatic rings. The molecule has 3 aromatic carbocycles. The molecule has 0 bridgehead atoms. The summed E-state index contributed by atoms with van der Waals surface area (Å²) in [4.78, 5) is 32.1. The highest BCUT2D eigenvalue weighted by molar-refractivity contribution is 7.99. The lowest BCUT2D eigenvalue weighted by molar-refractivity contribution is -0.117. The smallest absolute Gasteiger partial charge is 0.244 e. The lowest BCUT2D eigenvalue weighted by Crippen LogP contribution is -2.28. The van der Waals surface area contributed by atoms with E-state index in [4.69, 9.17) is 4.74 Å². The van der Waals surface area contributed by atoms with E-state index in [1.807, 2.05) is 84.3 Å². The van der Waals surface area contributed by atoms with Gasteiger partial charge in [0.25, 0.3) is 0 Å². The largest absolute Gasteiger partial charge is 0.495 e. The van der Waals surface area contributed by atoms with Gasteiger partial charge in [-0.1, -0.05) is 48.2 Å². The summed E-state index contributed by atoms with van der Waals surface area (Å²) >= 11 is 1.32. The average molecular weight is 475 g/mol. The van der Waals surface area contributed by atoms with Crippen LogP contribution in [0.4, 0.5) is 11.4 Å². The Labute approximate surface area is 202 Å². The monoisotopic (exact) mass is 474 g/mol. The second-order valence-electron chi connectivity index (χ2n) is 7.80. The Balaban J connectivity index is 1.53. The number of thioether (sulfide) groups is 1. The molecule has 4 rings (SSSR count). The van der Waals surface area contributed by atoms with Gasteiger partial charge in [-0.3, -0.25) is 9.59 Å². The molecule has 0 aliphatic heterocycles. The maximum absolute atomic E-state index is 13.0. The molecule has 34 heavy (non-hydrogen) atoms. The highest BCUT2D eigenvalue weighted by atomic mass is 32.2. The number of imidazole rings is 1. The summed E-state index contributed by atoms with van der Waals surface area (Å²) < 4.78 is 7.21. The number of carbonyl (C=O) groups is 2. The Hall–Kier alpha value is -3.78. The van der Waals surface area contributed by atoms with E-state index in [1.54, 1.807) is 19.1 Å². The van der Waals surface area contributed by atoms with Crippen molar-refractivity contribution < 1.29 is 14.3 Å². The lowest BCUT2D eigenvalue weighted by Gasteiger charge is -2.17. The van der Waals surface area contributed by atoms with Crippen LogP contribution in [-0.4, -0.2) is 41.3 Å². The SMILES string of the molecule is COc1ccc(C)cc1NC(=O)Cn1c(SCC(=O)N(C)c2ccccc2)nc2ccccc21. The maximum atomic E-state index is 13.0. The van der Waals surface area contributed by atoms with Gasteiger partial charge in [-0.25, -0.2) is 4.98 Å². The first-order chi connectivity index (χ1) is 16.5. The predicted molar refractivity (Wildman–Crippen MR) is 137 cm³/mol. The van der Waals surface area contributed by atoms with Crippen LogP contribution in [0.15, 0.2) is 78.0 Å². The Morgan fingerprint density at radius 1 is 1.06 bits per heavy atom. The van der Waals surface area contributed by atoms with Crippen molar-refractivity contribution in [2.45, 2.75) is 18.6 Å². The zero-order chi connectivity index (χ0) is 24.1. The number of methoxy groups -OCH3 is 1. The zero-order valence-electron chi connectivity index (χ0n) is 19.3. The molecule has 8 heteroatoms. The van der Waals surface area contributed by atoms with E-state index < -0.39 is 0 Å². The van der Waals surface area contributed by atoms with Crippen molar-refractivity contribution >= 4 is 46.0 Å². The van der Waals surface area contributed by atoms with Gasteiger partial charge in [-0.2, -0.15) is 0 Å². The first-order valence-corrected chi connectivity index (χ1v) is 11.8. The van der Waals surface area contributed by atoms with Gasteiger partial charge in [0.2, 0.25) is 11.8 Å². The first-order valence-electron chi connectivity index (χ1n) is 10.8. The van der Waals surface area contributed by atoms with E-state index >= 15 is 0 Å². The second-order valence-corrected chi connectivity index (χ2v) is 8.74. The molecular weight excluding hydrogens is 448 g/mol. The number of para-hydroxylation sites is 3. The molecule has 0 aliphatic rings. The summed E-state index contributed by atoms with van der Waals surface area (Å²) in [5.41, 5.74) is 4.07. The summed E-state index contributed by atoms with van der Waals surface area (Å²) in [7, 11) is 3.33. The van der Waals surface area contributed by atoms with Crippen LogP contribution in [0.3, 0.4) is 0 Å². The van der Waals surface area contributed by atoms with Crippen molar-refractivity contribution in [2.75, 3.05) is 30.1 Å². The molecule has 1 N–H and O–H groups in total. The van der Waals surface area contributed by atoms with Crippen molar-refractivity contribution in [2.24, 2.45) is 0 Å². The van der Waals surface area contributed by atoms with Crippen molar-refractivity contribution in [1.82, 2.24) is 9.55 Å². The molecule has 1 aromatic heterocycles. The highest BCUT2D eigenvalue weighted by Crippen LogP contribution is 2.27. The third kappa shape index (κ3) is 5.23. The molecule has 0 atom stereocenters. The number of benzene rings is 3. The van der Waals surface area contributed by atoms with Crippen molar-refractivity contribution in [3.8, 4) is 5.75 Å². The minimum atomic E-state index is -0.207. The van der Waals surface area contributed by atoms with Gasteiger partial charge in [0.15, 0.2) is 5.16 Å². The van der Waals surface area contributed by atoms with E-state index in [0.29, 0.717) is 16.6 Å². The van der Waals surface area contributed by atoms with E-state index in [9.17, 15) is 9.59 Å². The Morgan fingerprint density at radius 3 is 2.56 bits per heavy atom. The number of aryl methyl sites for hydroxylation is 1. The number of ether oxygens (including phenoxy) is 1. The maximum Gasteiger partial charge on any atom is 0.244 e. The molecule has 7 nitrogen and oxygen atoms in total. The zero-order valence-corrected chi connectivity index (χ0v) is 20.1. The van der Waals surface area contributed by atoms with Gasteiger partial charge in [-0.05, 0) is 48.9 Å². The van der Waals surface area contributed by atoms with Gasteiger partial charge in [-0.15, -0.1) is 0 Å². The normalized spacial score (nSPS) is 10.8. The quantitative estimate of drug-likeness (QED) is 0.373. The van der Waals surface area contributed by atoms with E-state index in [-0.39, 0.29) is 24.1 Å². The summed E-state index contributed by atoms with van der Waals surface area (Å²) in [6.45, 7) is 2.01. The summed E-state index contributed by atoms with van der Waals surface area (Å²) in [6, 6.07) is 22.7. The summed E-state index contributed by atoms with van der Waals surface area (Å²) in [5, 5.41) is 3.55. The van der Waals surface area contributed by atoms with Gasteiger partial charge in [0, 0.05) is 12.7 Å². The second kappa shape index (κ2) is 10.4. The van der Waals surface area contributed by atoms with Crippen molar-refractivity contribution in [3.05, 3.63) is 78.4 Å². The number of carbonyl (C=O) groups excluding carboxylic acids is 2. The molecule has 1 heterocycles. The standard InChI is InChI=1S/C26H26N4O3S/c1-18-13-14-23(33-3)21(15-18)27-24(31)16-30-22-12-8-7-11-20(22)28-26(30)34-17-25(32)29(2)19-9-5-4-6-10-19/h4-15H,16-17H2,1-3H3,(H,27,31). The summed E-state index contributed by atoms with van der Waals surface area (Å²) in [6.07, 6.45) is 0. The van der Waals surface area contributed by atoms with Crippen molar-refractivity contribution in [3.63, 3.8) is 0 Å². The molecule has 0 saturated carbocycles. The van der Waals surface area contributed by atoms with Crippen LogP contribution in [0.5, 0.6) is 5.75 Å². The van der Waals surface area contributed by atoms with Gasteiger partial charge in [0.05, 0.1) is 29.6 Å². The third-order valence-corrected chi connectivity index (χ3v) is 6.35. The molecule has 174 valence electrons. The van der Waals surface area contributed by atoms with Crippen LogP contribution >= 0.6 is 11.8 Å². The molecule has 0 saturated heterocycles. The van der Waals surface area contributed by atoms with Gasteiger partial charge < -0.3 is 19.5 Å². The number of rotatable bonds is 8. The van der Waals surface area contributed by atoms with Gasteiger partial charge in [0.1, 0.15) is 12.3 Å². The average Bonchev–Trinajstić information content (AvgIpc) is 3.19. The van der Waals surface area contributed by atoms with Crippen LogP contribution in [0.25, 0.3) is 11.0 Å². The number of aromatic nitrogens is 2. The Morgan fingerprint density at radius 2 is 1.79 bits per heavy atom. The fourth-order valence-corrected chi connectivity index (χ4v) is 4.52. The number of nitrogens with one attached hydrogen (secondary N) is 1. The van der Waals surface area contributed by atoms with Crippen LogP contribution < -0.4 is 15.0 Å². The Bertz CT molecular complexity index is 1320. The third-order valence-electron chi connectivity index (χ3n) is 5.39. The number of amides is 2. The molecule has 2 amide bonds. The van der Waals surface area contributed by atoms with E-state index in [2.05, 4.69) is 10.3 Å². The minimum Gasteiger partial charge on any atom is -0.495 e. The van der Waals surface area contributed by atoms with E-state index in [0.717, 1.165) is 22.3 Å². The Kier molecular flexibility index (Phi) is 7.18. The lowest BCUT2D eigenvalue weighted by atomic mass is 10.2. The highest BCUT2D eigenvalue weighted by Gasteiger charge is 2.18. The number of fused-ring (bicyclic) bond motifs is 1. The number of hydrogen-bond acceptors (Lipinski definition) is 5. The fourth-order valence-electron chi connectivity index (χ4n) is 3.59. The minimum absolute atomic E-state index is 0.0521. The molecule has 0 fully saturated rings.